The predicted molar refractivity (Wildman–Crippen MR) is 223 cm³/mol. The minimum Gasteiger partial charge on any atom is -0.541 e. The van der Waals surface area contributed by atoms with Crippen molar-refractivity contribution in [2.24, 2.45) is 0 Å². The van der Waals surface area contributed by atoms with E-state index in [0.29, 0.717) is 16.2 Å². The van der Waals surface area contributed by atoms with Crippen LogP contribution < -0.4 is 21.5 Å². The molecule has 1 saturated heterocycles. The van der Waals surface area contributed by atoms with Gasteiger partial charge in [-0.1, -0.05) is 107 Å². The van der Waals surface area contributed by atoms with E-state index in [2.05, 4.69) is 0 Å². The number of fused-ring (bicyclic) bond motifs is 1. The smallest absolute Gasteiger partial charge is 0.239 e. The maximum Gasteiger partial charge on any atom is 0.239 e. The van der Waals surface area contributed by atoms with Crippen LogP contribution in [0.1, 0.15) is 44.5 Å². The Morgan fingerprint density at radius 3 is 1.29 bits per heavy atom. The normalized spacial score (nSPS) is 19.2. The summed E-state index contributed by atoms with van der Waals surface area (Å²) in [7, 11) is -3.59. The summed E-state index contributed by atoms with van der Waals surface area (Å²) in [6.07, 6.45) is -4.47. The Labute approximate surface area is 352 Å². The van der Waals surface area contributed by atoms with E-state index in [9.17, 15) is 8.78 Å². The van der Waals surface area contributed by atoms with Gasteiger partial charge in [-0.15, -0.1) is 6.32 Å². The molecule has 2 nitrogen and oxygen atoms in total. The van der Waals surface area contributed by atoms with E-state index in [-0.39, 0.29) is 17.5 Å². The fourth-order valence-corrected chi connectivity index (χ4v) is 16.7. The molecule has 0 saturated carbocycles. The fraction of sp³-hybridized carbons (Fsp3) is 0.208. The molecule has 2 aliphatic heterocycles. The molecule has 0 radical (unpaired) electrons. The van der Waals surface area contributed by atoms with E-state index in [4.69, 9.17) is 9.39 Å². The number of benzene rings is 6. The van der Waals surface area contributed by atoms with Crippen LogP contribution in [0.4, 0.5) is 43.9 Å². The highest BCUT2D eigenvalue weighted by atomic mass is 31.2. The molecule has 0 spiro atoms. The molecule has 14 heteroatoms. The Hall–Kier alpha value is -5.39. The predicted octanol–water partition coefficient (Wildman–Crippen LogP) is 11.0. The van der Waals surface area contributed by atoms with E-state index in [1.807, 2.05) is 65.8 Å². The van der Waals surface area contributed by atoms with Gasteiger partial charge in [0.25, 0.3) is 0 Å². The van der Waals surface area contributed by atoms with Crippen LogP contribution in [-0.2, 0) is 15.2 Å². The van der Waals surface area contributed by atoms with Crippen LogP contribution in [0.25, 0.3) is 5.76 Å². The van der Waals surface area contributed by atoms with Crippen molar-refractivity contribution in [1.29, 1.82) is 0 Å². The lowest BCUT2D eigenvalue weighted by atomic mass is 9.29. The molecule has 0 aromatic heterocycles. The number of rotatable bonds is 6. The molecule has 0 amide bonds. The van der Waals surface area contributed by atoms with Crippen molar-refractivity contribution >= 4 is 40.9 Å². The van der Waals surface area contributed by atoms with E-state index in [1.165, 1.54) is 12.1 Å². The lowest BCUT2D eigenvalue weighted by molar-refractivity contribution is -0.128. The van der Waals surface area contributed by atoms with Crippen molar-refractivity contribution in [2.45, 2.75) is 59.3 Å². The molecule has 6 aromatic rings. The van der Waals surface area contributed by atoms with Gasteiger partial charge in [0.15, 0.2) is 46.9 Å². The molecule has 320 valence electrons. The quantitative estimate of drug-likeness (QED) is 0.0546. The maximum absolute atomic E-state index is 16.9. The van der Waals surface area contributed by atoms with Gasteiger partial charge in [0.1, 0.15) is 39.6 Å². The lowest BCUT2D eigenvalue weighted by Gasteiger charge is -2.49. The van der Waals surface area contributed by atoms with Gasteiger partial charge in [0.2, 0.25) is 5.79 Å². The van der Waals surface area contributed by atoms with Gasteiger partial charge in [-0.05, 0) is 63.8 Å². The summed E-state index contributed by atoms with van der Waals surface area (Å²) < 4.78 is 174. The molecular formula is C48H38BF10O2P. The van der Waals surface area contributed by atoms with E-state index in [1.54, 1.807) is 54.6 Å². The molecule has 0 bridgehead atoms. The number of halogens is 10. The lowest BCUT2D eigenvalue weighted by Crippen LogP contribution is -2.68. The van der Waals surface area contributed by atoms with Crippen LogP contribution in [0.15, 0.2) is 91.0 Å². The van der Waals surface area contributed by atoms with Gasteiger partial charge >= 0.3 is 0 Å². The van der Waals surface area contributed by atoms with Crippen LogP contribution in [0.3, 0.4) is 0 Å². The molecule has 6 aromatic carbocycles. The Kier molecular flexibility index (Phi) is 10.8. The van der Waals surface area contributed by atoms with Gasteiger partial charge < -0.3 is 9.39 Å². The summed E-state index contributed by atoms with van der Waals surface area (Å²) in [5.74, 6) is -28.0. The first kappa shape index (κ1) is 43.3. The molecule has 62 heavy (non-hydrogen) atoms. The number of hydrogen-bond donors (Lipinski definition) is 0. The second-order valence-electron chi connectivity index (χ2n) is 16.4. The first-order valence-electron chi connectivity index (χ1n) is 19.8. The van der Waals surface area contributed by atoms with Crippen molar-refractivity contribution in [1.82, 2.24) is 0 Å². The number of aryl methyl sites for hydroxylation is 6. The van der Waals surface area contributed by atoms with Crippen molar-refractivity contribution in [2.75, 3.05) is 6.16 Å². The van der Waals surface area contributed by atoms with Gasteiger partial charge in [-0.2, -0.15) is 0 Å². The summed E-state index contributed by atoms with van der Waals surface area (Å²) in [5.41, 5.74) is 0.178. The minimum atomic E-state index is -4.81. The summed E-state index contributed by atoms with van der Waals surface area (Å²) in [6, 6.07) is 23.9. The number of hydrogen-bond acceptors (Lipinski definition) is 2. The summed E-state index contributed by atoms with van der Waals surface area (Å²) >= 11 is 0. The van der Waals surface area contributed by atoms with Crippen molar-refractivity contribution < 1.29 is 53.3 Å². The average Bonchev–Trinajstić information content (AvgIpc) is 3.58. The van der Waals surface area contributed by atoms with Gasteiger partial charge in [-0.25, -0.2) is 43.9 Å². The topological polar surface area (TPSA) is 18.5 Å². The molecule has 1 fully saturated rings. The zero-order valence-corrected chi connectivity index (χ0v) is 35.2. The van der Waals surface area contributed by atoms with Crippen LogP contribution in [0.2, 0.25) is 6.32 Å². The zero-order valence-electron chi connectivity index (χ0n) is 34.3. The largest absolute Gasteiger partial charge is 0.541 e. The van der Waals surface area contributed by atoms with E-state index >= 15 is 35.1 Å². The van der Waals surface area contributed by atoms with Gasteiger partial charge in [-0.3, -0.25) is 0 Å². The highest BCUT2D eigenvalue weighted by molar-refractivity contribution is 7.90. The standard InChI is InChI=1S/C48H38BF10O2P/c1-24-19-26(3)46(27(4)20-24)62(47-28(5)21-25(2)22-29(47)6)18-17-49(34-36(50)40(54)44(58)41(55)37(34)51,35-38(52)42(56)45(59)43(57)39(35)53)61-48(31-15-11-8-12-16-31)33(62)23-32(60-48)30-13-9-7-10-14-30/h7-16,19-23,33H,17-18H2,1-6H3/t33-,48-/m1/s1. The molecule has 2 atom stereocenters. The van der Waals surface area contributed by atoms with Gasteiger partial charge in [0, 0.05) is 23.4 Å². The van der Waals surface area contributed by atoms with Crippen LogP contribution in [0.5, 0.6) is 0 Å². The molecule has 0 unspecified atom stereocenters. The third-order valence-electron chi connectivity index (χ3n) is 12.4. The molecule has 0 N–H and O–H groups in total. The first-order valence-corrected chi connectivity index (χ1v) is 21.8. The van der Waals surface area contributed by atoms with E-state index < -0.39 is 100 Å². The summed E-state index contributed by atoms with van der Waals surface area (Å²) in [6.45, 7) is 11.2. The Bertz CT molecular complexity index is 2620. The van der Waals surface area contributed by atoms with Crippen molar-refractivity contribution in [3.8, 4) is 0 Å². The van der Waals surface area contributed by atoms with Gasteiger partial charge in [0.05, 0.1) is 7.26 Å². The third-order valence-corrected chi connectivity index (χ3v) is 17.8. The number of ether oxygens (including phenoxy) is 1. The molecule has 2 aliphatic rings. The fourth-order valence-electron chi connectivity index (χ4n) is 10.5. The summed E-state index contributed by atoms with van der Waals surface area (Å²) in [4.78, 5) is 0. The summed E-state index contributed by atoms with van der Waals surface area (Å²) in [5, 5.41) is 1.42. The van der Waals surface area contributed by atoms with Crippen LogP contribution >= 0.6 is 7.26 Å². The zero-order chi connectivity index (χ0) is 44.8. The van der Waals surface area contributed by atoms with Crippen molar-refractivity contribution in [3.63, 3.8) is 0 Å². The van der Waals surface area contributed by atoms with Crippen LogP contribution in [0, 0.1) is 99.7 Å². The SMILES string of the molecule is Cc1cc(C)c([P+]2(c3c(C)cc(C)cc3C)CC[B-](c3c(F)c(F)c(F)c(F)c3F)(c3c(F)c(F)c(F)c(F)c3F)O[C@@]3(c4ccccc4)OC(c4ccccc4)=C[C@H]32)c(C)c1. The van der Waals surface area contributed by atoms with Crippen molar-refractivity contribution in [3.05, 3.63) is 194 Å². The molecule has 8 rings (SSSR count). The monoisotopic (exact) mass is 878 g/mol. The Balaban J connectivity index is 1.67. The maximum atomic E-state index is 16.9. The second kappa shape index (κ2) is 15.5. The molecule has 0 aliphatic carbocycles. The van der Waals surface area contributed by atoms with Crippen LogP contribution in [-0.4, -0.2) is 18.2 Å². The average molecular weight is 879 g/mol. The minimum absolute atomic E-state index is 0.0577. The second-order valence-corrected chi connectivity index (χ2v) is 20.0. The molecule has 2 heterocycles. The first-order chi connectivity index (χ1) is 29.3. The Morgan fingerprint density at radius 2 is 0.887 bits per heavy atom. The highest BCUT2D eigenvalue weighted by Gasteiger charge is 2.69. The van der Waals surface area contributed by atoms with E-state index in [0.717, 1.165) is 33.4 Å². The highest BCUT2D eigenvalue weighted by Crippen LogP contribution is 2.73. The third kappa shape index (κ3) is 6.24. The molecular weight excluding hydrogens is 840 g/mol. The Morgan fingerprint density at radius 1 is 0.516 bits per heavy atom.